The largest absolute Gasteiger partial charge is 0.396 e. The summed E-state index contributed by atoms with van der Waals surface area (Å²) in [6.45, 7) is 2.51. The molecule has 1 rings (SSSR count). The molecule has 0 aliphatic heterocycles. The first-order valence-electron chi connectivity index (χ1n) is 8.20. The number of aliphatic hydroxyl groups excluding tert-OH is 1. The maximum absolute atomic E-state index is 8.98. The van der Waals surface area contributed by atoms with Crippen molar-refractivity contribution in [2.24, 2.45) is 0 Å². The van der Waals surface area contributed by atoms with Crippen LogP contribution in [0.3, 0.4) is 0 Å². The minimum atomic E-state index is 0.306. The predicted octanol–water partition coefficient (Wildman–Crippen LogP) is 4.02. The highest BCUT2D eigenvalue weighted by Crippen LogP contribution is 2.17. The van der Waals surface area contributed by atoms with Gasteiger partial charge in [0.2, 0.25) is 0 Å². The molecule has 1 saturated carbocycles. The van der Waals surface area contributed by atoms with E-state index in [1.807, 2.05) is 0 Å². The molecule has 1 fully saturated rings. The van der Waals surface area contributed by atoms with Gasteiger partial charge in [-0.3, -0.25) is 0 Å². The second kappa shape index (κ2) is 10.8. The summed E-state index contributed by atoms with van der Waals surface area (Å²) in [6, 6.07) is 1.15. The predicted molar refractivity (Wildman–Crippen MR) is 78.9 cm³/mol. The second-order valence-electron chi connectivity index (χ2n) is 6.04. The highest BCUT2D eigenvalue weighted by molar-refractivity contribution is 4.72. The van der Waals surface area contributed by atoms with Crippen LogP contribution in [0.2, 0.25) is 0 Å². The first kappa shape index (κ1) is 16.0. The highest BCUT2D eigenvalue weighted by Gasteiger charge is 2.12. The summed E-state index contributed by atoms with van der Waals surface area (Å²) in [5.74, 6) is 0. The van der Waals surface area contributed by atoms with Crippen LogP contribution >= 0.6 is 0 Å². The van der Waals surface area contributed by atoms with Crippen LogP contribution in [-0.4, -0.2) is 23.8 Å². The Morgan fingerprint density at radius 3 is 1.78 bits per heavy atom. The lowest BCUT2D eigenvalue weighted by atomic mass is 9.97. The maximum atomic E-state index is 8.98. The lowest BCUT2D eigenvalue weighted by Gasteiger charge is -2.23. The van der Waals surface area contributed by atoms with Gasteiger partial charge in [0.1, 0.15) is 0 Å². The van der Waals surface area contributed by atoms with E-state index in [0.29, 0.717) is 18.7 Å². The molecule has 0 heterocycles. The Morgan fingerprint density at radius 2 is 1.33 bits per heavy atom. The molecule has 1 aliphatic rings. The molecule has 2 N–H and O–H groups in total. The van der Waals surface area contributed by atoms with Crippen LogP contribution < -0.4 is 5.32 Å². The summed E-state index contributed by atoms with van der Waals surface area (Å²) in [7, 11) is 0. The van der Waals surface area contributed by atoms with E-state index in [1.54, 1.807) is 0 Å². The topological polar surface area (TPSA) is 32.3 Å². The number of hydrogen-bond donors (Lipinski definition) is 2. The number of hydrogen-bond acceptors (Lipinski definition) is 2. The van der Waals surface area contributed by atoms with Crippen LogP contribution in [-0.2, 0) is 0 Å². The van der Waals surface area contributed by atoms with Crippen molar-refractivity contribution >= 4 is 0 Å². The third-order valence-electron chi connectivity index (χ3n) is 4.19. The van der Waals surface area contributed by atoms with Gasteiger partial charge in [-0.1, -0.05) is 57.8 Å². The fourth-order valence-electron chi connectivity index (χ4n) is 3.01. The molecular formula is C16H33NO. The van der Waals surface area contributed by atoms with Crippen molar-refractivity contribution in [1.82, 2.24) is 5.32 Å². The first-order valence-corrected chi connectivity index (χ1v) is 8.20. The van der Waals surface area contributed by atoms with Gasteiger partial charge in [0.15, 0.2) is 0 Å². The van der Waals surface area contributed by atoms with Gasteiger partial charge in [-0.25, -0.2) is 0 Å². The van der Waals surface area contributed by atoms with E-state index in [0.717, 1.165) is 6.42 Å². The summed E-state index contributed by atoms with van der Waals surface area (Å²) in [5, 5.41) is 12.7. The Morgan fingerprint density at radius 1 is 0.889 bits per heavy atom. The molecule has 108 valence electrons. The van der Waals surface area contributed by atoms with Gasteiger partial charge >= 0.3 is 0 Å². The monoisotopic (exact) mass is 255 g/mol. The molecule has 18 heavy (non-hydrogen) atoms. The first-order chi connectivity index (χ1) is 8.83. The van der Waals surface area contributed by atoms with E-state index in [9.17, 15) is 0 Å². The van der Waals surface area contributed by atoms with Crippen LogP contribution in [0.4, 0.5) is 0 Å². The van der Waals surface area contributed by atoms with Gasteiger partial charge in [0, 0.05) is 18.7 Å². The van der Waals surface area contributed by atoms with E-state index in [1.165, 1.54) is 70.6 Å². The van der Waals surface area contributed by atoms with Crippen LogP contribution in [0.25, 0.3) is 0 Å². The molecule has 2 heteroatoms. The molecule has 0 aromatic rings. The van der Waals surface area contributed by atoms with Crippen molar-refractivity contribution in [3.05, 3.63) is 0 Å². The Labute approximate surface area is 114 Å². The minimum absolute atomic E-state index is 0.306. The summed E-state index contributed by atoms with van der Waals surface area (Å²) < 4.78 is 0. The zero-order valence-electron chi connectivity index (χ0n) is 12.3. The molecule has 1 aliphatic carbocycles. The fourth-order valence-corrected chi connectivity index (χ4v) is 3.01. The van der Waals surface area contributed by atoms with E-state index in [-0.39, 0.29) is 0 Å². The zero-order valence-corrected chi connectivity index (χ0v) is 12.3. The lowest BCUT2D eigenvalue weighted by molar-refractivity contribution is 0.257. The van der Waals surface area contributed by atoms with Crippen molar-refractivity contribution in [2.45, 2.75) is 96.1 Å². The average Bonchev–Trinajstić information content (AvgIpc) is 2.33. The molecule has 0 aromatic carbocycles. The molecule has 0 amide bonds. The van der Waals surface area contributed by atoms with Crippen molar-refractivity contribution in [3.8, 4) is 0 Å². The fraction of sp³-hybridized carbons (Fsp3) is 1.00. The molecule has 0 bridgehead atoms. The third-order valence-corrected chi connectivity index (χ3v) is 4.19. The zero-order chi connectivity index (χ0) is 13.1. The van der Waals surface area contributed by atoms with Crippen molar-refractivity contribution in [3.63, 3.8) is 0 Å². The summed E-state index contributed by atoms with van der Waals surface area (Å²) in [5.41, 5.74) is 0. The molecule has 0 saturated heterocycles. The molecule has 2 nitrogen and oxygen atoms in total. The quantitative estimate of drug-likeness (QED) is 0.795. The van der Waals surface area contributed by atoms with Crippen LogP contribution in [0.5, 0.6) is 0 Å². The van der Waals surface area contributed by atoms with Gasteiger partial charge in [0.25, 0.3) is 0 Å². The van der Waals surface area contributed by atoms with Crippen molar-refractivity contribution in [1.29, 1.82) is 0 Å². The average molecular weight is 255 g/mol. The summed E-state index contributed by atoms with van der Waals surface area (Å²) in [4.78, 5) is 0. The van der Waals surface area contributed by atoms with Crippen LogP contribution in [0.1, 0.15) is 84.0 Å². The lowest BCUT2D eigenvalue weighted by Crippen LogP contribution is -2.37. The second-order valence-corrected chi connectivity index (χ2v) is 6.04. The van der Waals surface area contributed by atoms with E-state index in [4.69, 9.17) is 5.11 Å². The van der Waals surface area contributed by atoms with Crippen LogP contribution in [0, 0.1) is 0 Å². The van der Waals surface area contributed by atoms with Gasteiger partial charge in [-0.15, -0.1) is 0 Å². The summed E-state index contributed by atoms with van der Waals surface area (Å²) >= 11 is 0. The van der Waals surface area contributed by atoms with E-state index >= 15 is 0 Å². The molecule has 0 spiro atoms. The van der Waals surface area contributed by atoms with Gasteiger partial charge in [-0.05, 0) is 26.2 Å². The van der Waals surface area contributed by atoms with Gasteiger partial charge in [0.05, 0.1) is 0 Å². The number of nitrogens with one attached hydrogen (secondary N) is 1. The summed E-state index contributed by atoms with van der Waals surface area (Å²) in [6.07, 6.45) is 16.3. The standard InChI is InChI=1S/C16H33NO/c1-15(13-14-18)17-16-11-9-7-5-3-2-4-6-8-10-12-16/h15-18H,2-14H2,1H3. The molecule has 0 radical (unpaired) electrons. The molecule has 1 atom stereocenters. The Hall–Kier alpha value is -0.0800. The van der Waals surface area contributed by atoms with Gasteiger partial charge < -0.3 is 10.4 Å². The highest BCUT2D eigenvalue weighted by atomic mass is 16.3. The Balaban J connectivity index is 2.27. The van der Waals surface area contributed by atoms with E-state index in [2.05, 4.69) is 12.2 Å². The van der Waals surface area contributed by atoms with Crippen molar-refractivity contribution < 1.29 is 5.11 Å². The third kappa shape index (κ3) is 8.10. The molecular weight excluding hydrogens is 222 g/mol. The van der Waals surface area contributed by atoms with Gasteiger partial charge in [-0.2, -0.15) is 0 Å². The smallest absolute Gasteiger partial charge is 0.0445 e. The maximum Gasteiger partial charge on any atom is 0.0445 e. The van der Waals surface area contributed by atoms with Crippen molar-refractivity contribution in [2.75, 3.05) is 6.61 Å². The number of rotatable bonds is 4. The Kier molecular flexibility index (Phi) is 9.59. The molecule has 0 aromatic heterocycles. The minimum Gasteiger partial charge on any atom is -0.396 e. The number of aliphatic hydroxyl groups is 1. The molecule has 1 unspecified atom stereocenters. The Bertz CT molecular complexity index is 172. The SMILES string of the molecule is CC(CCO)NC1CCCCCCCCCCC1. The normalized spacial score (nSPS) is 23.0. The van der Waals surface area contributed by atoms with E-state index < -0.39 is 0 Å². The van der Waals surface area contributed by atoms with Crippen LogP contribution in [0.15, 0.2) is 0 Å².